The van der Waals surface area contributed by atoms with Gasteiger partial charge in [-0.2, -0.15) is 0 Å². The maximum atomic E-state index is 12.5. The number of urea groups is 1. The van der Waals surface area contributed by atoms with E-state index in [1.807, 2.05) is 4.90 Å². The van der Waals surface area contributed by atoms with Crippen molar-refractivity contribution in [2.24, 2.45) is 0 Å². The number of hydrogen-bond acceptors (Lipinski definition) is 2. The second kappa shape index (κ2) is 4.78. The van der Waals surface area contributed by atoms with Gasteiger partial charge in [0.2, 0.25) is 0 Å². The largest absolute Gasteiger partial charge is 0.481 e. The molecule has 0 bridgehead atoms. The molecule has 102 valence electrons. The summed E-state index contributed by atoms with van der Waals surface area (Å²) in [5.74, 6) is -0.819. The highest BCUT2D eigenvalue weighted by Gasteiger charge is 2.40. The van der Waals surface area contributed by atoms with Crippen LogP contribution in [-0.2, 0) is 4.79 Å². The van der Waals surface area contributed by atoms with E-state index in [0.717, 1.165) is 32.2 Å². The molecule has 18 heavy (non-hydrogen) atoms. The first-order chi connectivity index (χ1) is 8.42. The van der Waals surface area contributed by atoms with E-state index in [-0.39, 0.29) is 24.0 Å². The number of carbonyl (C=O) groups is 2. The Hall–Kier alpha value is -1.26. The lowest BCUT2D eigenvalue weighted by Gasteiger charge is -2.36. The average Bonchev–Trinajstić information content (AvgIpc) is 2.82. The van der Waals surface area contributed by atoms with E-state index < -0.39 is 5.97 Å². The summed E-state index contributed by atoms with van der Waals surface area (Å²) in [6.45, 7) is 5.66. The van der Waals surface area contributed by atoms with Gasteiger partial charge in [-0.25, -0.2) is 4.79 Å². The second-order valence-electron chi connectivity index (χ2n) is 5.94. The van der Waals surface area contributed by atoms with Gasteiger partial charge in [0.05, 0.1) is 6.42 Å². The van der Waals surface area contributed by atoms with Crippen LogP contribution in [0.2, 0.25) is 0 Å². The molecule has 2 saturated heterocycles. The molecule has 2 amide bonds. The molecule has 0 saturated carbocycles. The summed E-state index contributed by atoms with van der Waals surface area (Å²) < 4.78 is 0. The summed E-state index contributed by atoms with van der Waals surface area (Å²) in [5, 5.41) is 8.89. The lowest BCUT2D eigenvalue weighted by Crippen LogP contribution is -2.51. The molecule has 2 heterocycles. The number of aliphatic carboxylic acids is 1. The number of carbonyl (C=O) groups excluding carboxylic acids is 1. The molecule has 2 fully saturated rings. The minimum absolute atomic E-state index is 0.0289. The molecule has 2 aliphatic heterocycles. The summed E-state index contributed by atoms with van der Waals surface area (Å²) in [6, 6.07) is -0.0901. The van der Waals surface area contributed by atoms with E-state index in [2.05, 4.69) is 13.8 Å². The smallest absolute Gasteiger partial charge is 0.320 e. The number of hydrogen-bond donors (Lipinski definition) is 1. The predicted molar refractivity (Wildman–Crippen MR) is 67.4 cm³/mol. The highest BCUT2D eigenvalue weighted by Crippen LogP contribution is 2.31. The van der Waals surface area contributed by atoms with Crippen LogP contribution in [0.1, 0.15) is 46.0 Å². The third kappa shape index (κ3) is 2.44. The molecule has 2 rings (SSSR count). The lowest BCUT2D eigenvalue weighted by molar-refractivity contribution is -0.138. The first kappa shape index (κ1) is 13.2. The van der Waals surface area contributed by atoms with Gasteiger partial charge in [-0.15, -0.1) is 0 Å². The fourth-order valence-corrected chi connectivity index (χ4v) is 3.12. The lowest BCUT2D eigenvalue weighted by atomic mass is 10.0. The molecule has 0 aliphatic carbocycles. The summed E-state index contributed by atoms with van der Waals surface area (Å²) in [5.41, 5.74) is -0.0898. The van der Waals surface area contributed by atoms with Crippen molar-refractivity contribution in [3.05, 3.63) is 0 Å². The zero-order valence-corrected chi connectivity index (χ0v) is 11.2. The Balaban J connectivity index is 2.06. The number of nitrogens with zero attached hydrogens (tertiary/aromatic N) is 2. The van der Waals surface area contributed by atoms with Crippen LogP contribution in [0.15, 0.2) is 0 Å². The van der Waals surface area contributed by atoms with Gasteiger partial charge < -0.3 is 14.9 Å². The highest BCUT2D eigenvalue weighted by molar-refractivity contribution is 5.77. The summed E-state index contributed by atoms with van der Waals surface area (Å²) in [4.78, 5) is 27.0. The van der Waals surface area contributed by atoms with Crippen LogP contribution >= 0.6 is 0 Å². The van der Waals surface area contributed by atoms with E-state index in [4.69, 9.17) is 5.11 Å². The van der Waals surface area contributed by atoms with E-state index in [1.54, 1.807) is 4.90 Å². The Labute approximate surface area is 108 Å². The van der Waals surface area contributed by atoms with Crippen molar-refractivity contribution >= 4 is 12.0 Å². The quantitative estimate of drug-likeness (QED) is 0.819. The predicted octanol–water partition coefficient (Wildman–Crippen LogP) is 1.92. The van der Waals surface area contributed by atoms with E-state index in [9.17, 15) is 9.59 Å². The molecule has 5 nitrogen and oxygen atoms in total. The summed E-state index contributed by atoms with van der Waals surface area (Å²) in [6.07, 6.45) is 3.86. The Morgan fingerprint density at radius 2 is 2.00 bits per heavy atom. The van der Waals surface area contributed by atoms with Crippen molar-refractivity contribution in [2.45, 2.75) is 57.5 Å². The van der Waals surface area contributed by atoms with Gasteiger partial charge in [0.1, 0.15) is 0 Å². The third-order valence-corrected chi connectivity index (χ3v) is 4.16. The molecule has 0 aromatic rings. The van der Waals surface area contributed by atoms with Crippen molar-refractivity contribution in [3.8, 4) is 0 Å². The van der Waals surface area contributed by atoms with E-state index in [1.165, 1.54) is 0 Å². The molecule has 0 aromatic carbocycles. The van der Waals surface area contributed by atoms with Crippen molar-refractivity contribution < 1.29 is 14.7 Å². The van der Waals surface area contributed by atoms with Crippen molar-refractivity contribution in [1.82, 2.24) is 9.80 Å². The van der Waals surface area contributed by atoms with Gasteiger partial charge in [0.15, 0.2) is 0 Å². The zero-order valence-electron chi connectivity index (χ0n) is 11.2. The molecule has 0 radical (unpaired) electrons. The van der Waals surface area contributed by atoms with E-state index in [0.29, 0.717) is 6.54 Å². The first-order valence-electron chi connectivity index (χ1n) is 6.72. The highest BCUT2D eigenvalue weighted by atomic mass is 16.4. The van der Waals surface area contributed by atoms with Gasteiger partial charge in [-0.3, -0.25) is 4.79 Å². The van der Waals surface area contributed by atoms with Gasteiger partial charge in [0.25, 0.3) is 0 Å². The van der Waals surface area contributed by atoms with Crippen LogP contribution in [0.3, 0.4) is 0 Å². The third-order valence-electron chi connectivity index (χ3n) is 4.16. The van der Waals surface area contributed by atoms with Gasteiger partial charge >= 0.3 is 12.0 Å². The molecule has 0 spiro atoms. The maximum absolute atomic E-state index is 12.5. The molecule has 1 N–H and O–H groups in total. The Morgan fingerprint density at radius 3 is 2.56 bits per heavy atom. The number of carboxylic acid groups (broad SMARTS) is 1. The van der Waals surface area contributed by atoms with Crippen LogP contribution in [0.5, 0.6) is 0 Å². The van der Waals surface area contributed by atoms with Gasteiger partial charge in [0, 0.05) is 24.7 Å². The summed E-state index contributed by atoms with van der Waals surface area (Å²) >= 11 is 0. The fraction of sp³-hybridized carbons (Fsp3) is 0.846. The fourth-order valence-electron chi connectivity index (χ4n) is 3.12. The SMILES string of the molecule is CC1(C)CCCN1C(=O)N1CCCC1CC(=O)O. The monoisotopic (exact) mass is 254 g/mol. The first-order valence-corrected chi connectivity index (χ1v) is 6.72. The zero-order chi connectivity index (χ0) is 13.3. The Kier molecular flexibility index (Phi) is 3.50. The normalized spacial score (nSPS) is 26.7. The minimum Gasteiger partial charge on any atom is -0.481 e. The van der Waals surface area contributed by atoms with Gasteiger partial charge in [-0.05, 0) is 39.5 Å². The molecule has 1 atom stereocenters. The maximum Gasteiger partial charge on any atom is 0.320 e. The molecule has 5 heteroatoms. The molecule has 0 aromatic heterocycles. The average molecular weight is 254 g/mol. The van der Waals surface area contributed by atoms with Crippen molar-refractivity contribution in [1.29, 1.82) is 0 Å². The number of likely N-dealkylation sites (tertiary alicyclic amines) is 2. The van der Waals surface area contributed by atoms with Gasteiger partial charge in [-0.1, -0.05) is 0 Å². The van der Waals surface area contributed by atoms with Crippen LogP contribution in [-0.4, -0.2) is 51.6 Å². The van der Waals surface area contributed by atoms with Crippen LogP contribution in [0.4, 0.5) is 4.79 Å². The number of carboxylic acids is 1. The molecular weight excluding hydrogens is 232 g/mol. The molecular formula is C13H22N2O3. The van der Waals surface area contributed by atoms with E-state index >= 15 is 0 Å². The number of rotatable bonds is 2. The molecule has 1 unspecified atom stereocenters. The minimum atomic E-state index is -0.819. The topological polar surface area (TPSA) is 60.9 Å². The Bertz CT molecular complexity index is 354. The van der Waals surface area contributed by atoms with Crippen molar-refractivity contribution in [3.63, 3.8) is 0 Å². The van der Waals surface area contributed by atoms with Crippen LogP contribution < -0.4 is 0 Å². The van der Waals surface area contributed by atoms with Crippen molar-refractivity contribution in [2.75, 3.05) is 13.1 Å². The summed E-state index contributed by atoms with van der Waals surface area (Å²) in [7, 11) is 0. The Morgan fingerprint density at radius 1 is 1.28 bits per heavy atom. The second-order valence-corrected chi connectivity index (χ2v) is 5.94. The standard InChI is InChI=1S/C13H22N2O3/c1-13(2)6-4-8-15(13)12(18)14-7-3-5-10(14)9-11(16)17/h10H,3-9H2,1-2H3,(H,16,17). The number of amides is 2. The van der Waals surface area contributed by atoms with Crippen LogP contribution in [0.25, 0.3) is 0 Å². The molecule has 2 aliphatic rings. The van der Waals surface area contributed by atoms with Crippen LogP contribution in [0, 0.1) is 0 Å².